The summed E-state index contributed by atoms with van der Waals surface area (Å²) in [5.41, 5.74) is 3.49. The number of ether oxygens (including phenoxy) is 2. The van der Waals surface area contributed by atoms with Crippen LogP contribution in [0, 0.1) is 6.92 Å². The summed E-state index contributed by atoms with van der Waals surface area (Å²) in [6.07, 6.45) is 0. The van der Waals surface area contributed by atoms with E-state index in [1.54, 1.807) is 7.11 Å². The van der Waals surface area contributed by atoms with Gasteiger partial charge in [0.2, 0.25) is 0 Å². The van der Waals surface area contributed by atoms with Gasteiger partial charge in [-0.15, -0.1) is 0 Å². The van der Waals surface area contributed by atoms with Crippen molar-refractivity contribution < 1.29 is 9.47 Å². The van der Waals surface area contributed by atoms with Crippen LogP contribution in [0.15, 0.2) is 40.9 Å². The number of methoxy groups -OCH3 is 1. The molecule has 0 spiro atoms. The average Bonchev–Trinajstić information content (AvgIpc) is 2.49. The lowest BCUT2D eigenvalue weighted by Gasteiger charge is -2.13. The molecule has 21 heavy (non-hydrogen) atoms. The molecule has 112 valence electrons. The Morgan fingerprint density at radius 1 is 1.10 bits per heavy atom. The van der Waals surface area contributed by atoms with E-state index in [9.17, 15) is 0 Å². The summed E-state index contributed by atoms with van der Waals surface area (Å²) in [7, 11) is 1.66. The second kappa shape index (κ2) is 7.36. The largest absolute Gasteiger partial charge is 0.493 e. The number of anilines is 1. The van der Waals surface area contributed by atoms with Crippen LogP contribution in [0.3, 0.4) is 0 Å². The molecule has 0 saturated heterocycles. The highest BCUT2D eigenvalue weighted by atomic mass is 79.9. The predicted octanol–water partition coefficient (Wildman–Crippen LogP) is 4.78. The van der Waals surface area contributed by atoms with E-state index in [0.717, 1.165) is 33.8 Å². The molecular weight excluding hydrogens is 330 g/mol. The first-order valence-electron chi connectivity index (χ1n) is 6.93. The molecule has 4 heteroatoms. The summed E-state index contributed by atoms with van der Waals surface area (Å²) in [5.74, 6) is 1.55. The van der Waals surface area contributed by atoms with E-state index in [2.05, 4.69) is 40.3 Å². The lowest BCUT2D eigenvalue weighted by molar-refractivity contribution is 0.310. The van der Waals surface area contributed by atoms with Gasteiger partial charge >= 0.3 is 0 Å². The number of nitrogens with one attached hydrogen (secondary N) is 1. The molecule has 0 aliphatic rings. The van der Waals surface area contributed by atoms with Crippen LogP contribution in [0.2, 0.25) is 0 Å². The van der Waals surface area contributed by atoms with Gasteiger partial charge in [0, 0.05) is 16.7 Å². The first-order valence-corrected chi connectivity index (χ1v) is 7.73. The van der Waals surface area contributed by atoms with E-state index in [1.165, 1.54) is 5.56 Å². The molecule has 0 fully saturated rings. The Morgan fingerprint density at radius 2 is 1.90 bits per heavy atom. The Labute approximate surface area is 134 Å². The van der Waals surface area contributed by atoms with Crippen LogP contribution >= 0.6 is 15.9 Å². The highest BCUT2D eigenvalue weighted by molar-refractivity contribution is 9.10. The van der Waals surface area contributed by atoms with Gasteiger partial charge in [0.1, 0.15) is 0 Å². The Kier molecular flexibility index (Phi) is 5.51. The Morgan fingerprint density at radius 3 is 2.62 bits per heavy atom. The molecule has 2 aromatic carbocycles. The minimum atomic E-state index is 0.630. The Hall–Kier alpha value is -1.68. The summed E-state index contributed by atoms with van der Waals surface area (Å²) in [6, 6.07) is 12.2. The molecule has 0 aromatic heterocycles. The second-order valence-electron chi connectivity index (χ2n) is 4.73. The van der Waals surface area contributed by atoms with Crippen molar-refractivity contribution in [2.24, 2.45) is 0 Å². The molecule has 0 aliphatic heterocycles. The van der Waals surface area contributed by atoms with Crippen LogP contribution < -0.4 is 14.8 Å². The van der Waals surface area contributed by atoms with Gasteiger partial charge in [0.05, 0.1) is 13.7 Å². The van der Waals surface area contributed by atoms with E-state index in [1.807, 2.05) is 31.2 Å². The summed E-state index contributed by atoms with van der Waals surface area (Å²) < 4.78 is 12.0. The standard InChI is InChI=1S/C17H20BrNO2/c1-4-21-16-8-6-13(9-17(16)20-3)11-19-15-10-14(18)7-5-12(15)2/h5-10,19H,4,11H2,1-3H3. The van der Waals surface area contributed by atoms with Gasteiger partial charge in [-0.1, -0.05) is 28.1 Å². The van der Waals surface area contributed by atoms with E-state index >= 15 is 0 Å². The van der Waals surface area contributed by atoms with Crippen LogP contribution in [0.25, 0.3) is 0 Å². The molecule has 2 aromatic rings. The molecule has 0 radical (unpaired) electrons. The van der Waals surface area contributed by atoms with Crippen molar-refractivity contribution in [1.29, 1.82) is 0 Å². The highest BCUT2D eigenvalue weighted by Gasteiger charge is 2.06. The lowest BCUT2D eigenvalue weighted by Crippen LogP contribution is -2.02. The van der Waals surface area contributed by atoms with Gasteiger partial charge < -0.3 is 14.8 Å². The molecule has 0 bridgehead atoms. The van der Waals surface area contributed by atoms with Crippen molar-refractivity contribution in [2.45, 2.75) is 20.4 Å². The van der Waals surface area contributed by atoms with E-state index < -0.39 is 0 Å². The number of halogens is 1. The molecule has 0 aliphatic carbocycles. The first kappa shape index (κ1) is 15.7. The zero-order valence-electron chi connectivity index (χ0n) is 12.6. The van der Waals surface area contributed by atoms with Crippen molar-refractivity contribution in [3.63, 3.8) is 0 Å². The third-order valence-corrected chi connectivity index (χ3v) is 3.70. The zero-order valence-corrected chi connectivity index (χ0v) is 14.2. The molecule has 2 rings (SSSR count). The van der Waals surface area contributed by atoms with Gasteiger partial charge in [0.15, 0.2) is 11.5 Å². The van der Waals surface area contributed by atoms with Gasteiger partial charge in [-0.3, -0.25) is 0 Å². The summed E-state index contributed by atoms with van der Waals surface area (Å²) >= 11 is 3.50. The van der Waals surface area contributed by atoms with Gasteiger partial charge in [-0.05, 0) is 49.2 Å². The van der Waals surface area contributed by atoms with Crippen molar-refractivity contribution >= 4 is 21.6 Å². The van der Waals surface area contributed by atoms with E-state index in [-0.39, 0.29) is 0 Å². The summed E-state index contributed by atoms with van der Waals surface area (Å²) in [5, 5.41) is 3.45. The van der Waals surface area contributed by atoms with Gasteiger partial charge in [0.25, 0.3) is 0 Å². The molecule has 0 unspecified atom stereocenters. The lowest BCUT2D eigenvalue weighted by atomic mass is 10.1. The SMILES string of the molecule is CCOc1ccc(CNc2cc(Br)ccc2C)cc1OC. The highest BCUT2D eigenvalue weighted by Crippen LogP contribution is 2.28. The Bertz CT molecular complexity index is 614. The van der Waals surface area contributed by atoms with E-state index in [0.29, 0.717) is 6.61 Å². The van der Waals surface area contributed by atoms with E-state index in [4.69, 9.17) is 9.47 Å². The molecule has 0 saturated carbocycles. The smallest absolute Gasteiger partial charge is 0.161 e. The molecule has 0 heterocycles. The van der Waals surface area contributed by atoms with Crippen molar-refractivity contribution in [1.82, 2.24) is 0 Å². The van der Waals surface area contributed by atoms with Crippen LogP contribution in [0.4, 0.5) is 5.69 Å². The fourth-order valence-corrected chi connectivity index (χ4v) is 2.44. The topological polar surface area (TPSA) is 30.5 Å². The summed E-state index contributed by atoms with van der Waals surface area (Å²) in [4.78, 5) is 0. The molecule has 0 atom stereocenters. The minimum absolute atomic E-state index is 0.630. The van der Waals surface area contributed by atoms with Crippen molar-refractivity contribution in [3.8, 4) is 11.5 Å². The zero-order chi connectivity index (χ0) is 15.2. The monoisotopic (exact) mass is 349 g/mol. The maximum absolute atomic E-state index is 5.53. The quantitative estimate of drug-likeness (QED) is 0.814. The number of hydrogen-bond donors (Lipinski definition) is 1. The maximum atomic E-state index is 5.53. The fourth-order valence-electron chi connectivity index (χ4n) is 2.08. The van der Waals surface area contributed by atoms with Gasteiger partial charge in [-0.2, -0.15) is 0 Å². The maximum Gasteiger partial charge on any atom is 0.161 e. The van der Waals surface area contributed by atoms with Gasteiger partial charge in [-0.25, -0.2) is 0 Å². The minimum Gasteiger partial charge on any atom is -0.493 e. The third-order valence-electron chi connectivity index (χ3n) is 3.21. The first-order chi connectivity index (χ1) is 10.1. The van der Waals surface area contributed by atoms with Crippen LogP contribution in [0.5, 0.6) is 11.5 Å². The average molecular weight is 350 g/mol. The second-order valence-corrected chi connectivity index (χ2v) is 5.65. The van der Waals surface area contributed by atoms with Crippen molar-refractivity contribution in [3.05, 3.63) is 52.0 Å². The number of hydrogen-bond acceptors (Lipinski definition) is 3. The van der Waals surface area contributed by atoms with Crippen LogP contribution in [-0.4, -0.2) is 13.7 Å². The van der Waals surface area contributed by atoms with Crippen molar-refractivity contribution in [2.75, 3.05) is 19.0 Å². The number of aryl methyl sites for hydroxylation is 1. The predicted molar refractivity (Wildman–Crippen MR) is 90.4 cm³/mol. The number of benzene rings is 2. The number of rotatable bonds is 6. The molecule has 1 N–H and O–H groups in total. The third kappa shape index (κ3) is 4.14. The molecule has 3 nitrogen and oxygen atoms in total. The summed E-state index contributed by atoms with van der Waals surface area (Å²) in [6.45, 7) is 5.42. The molecular formula is C17H20BrNO2. The van der Waals surface area contributed by atoms with Crippen LogP contribution in [0.1, 0.15) is 18.1 Å². The Balaban J connectivity index is 2.11. The molecule has 0 amide bonds. The van der Waals surface area contributed by atoms with Crippen LogP contribution in [-0.2, 0) is 6.54 Å². The fraction of sp³-hybridized carbons (Fsp3) is 0.294. The normalized spacial score (nSPS) is 10.3.